The number of aromatic nitrogens is 2. The first-order chi connectivity index (χ1) is 8.04. The van der Waals surface area contributed by atoms with Gasteiger partial charge in [0, 0.05) is 13.0 Å². The minimum atomic E-state index is -0.322. The van der Waals surface area contributed by atoms with E-state index in [-0.39, 0.29) is 12.6 Å². The fourth-order valence-electron chi connectivity index (χ4n) is 2.08. The molecule has 0 radical (unpaired) electrons. The highest BCUT2D eigenvalue weighted by molar-refractivity contribution is 5.77. The summed E-state index contributed by atoms with van der Waals surface area (Å²) in [6, 6.07) is 5.58. The Kier molecular flexibility index (Phi) is 3.17. The molecule has 0 saturated carbocycles. The summed E-state index contributed by atoms with van der Waals surface area (Å²) in [5, 5.41) is 9.08. The predicted octanol–water partition coefficient (Wildman–Crippen LogP) is 1.69. The molecule has 4 heteroatoms. The Balaban J connectivity index is 2.57. The van der Waals surface area contributed by atoms with Crippen LogP contribution >= 0.6 is 0 Å². The number of hydrogen-bond donors (Lipinski definition) is 2. The third kappa shape index (κ3) is 2.06. The van der Waals surface area contributed by atoms with Gasteiger partial charge in [0.25, 0.3) is 0 Å². The number of benzene rings is 1. The average molecular weight is 233 g/mol. The molecule has 0 aliphatic carbocycles. The van der Waals surface area contributed by atoms with Gasteiger partial charge in [-0.05, 0) is 17.7 Å². The van der Waals surface area contributed by atoms with Crippen LogP contribution in [0.1, 0.15) is 37.2 Å². The van der Waals surface area contributed by atoms with Crippen LogP contribution in [-0.4, -0.2) is 21.3 Å². The molecule has 0 bridgehead atoms. The van der Waals surface area contributed by atoms with Crippen LogP contribution < -0.4 is 5.73 Å². The van der Waals surface area contributed by atoms with Gasteiger partial charge in [-0.1, -0.05) is 19.9 Å². The Labute approximate surface area is 101 Å². The smallest absolute Gasteiger partial charge is 0.112 e. The van der Waals surface area contributed by atoms with E-state index in [9.17, 15) is 0 Å². The van der Waals surface area contributed by atoms with Crippen molar-refractivity contribution in [1.82, 2.24) is 9.55 Å². The molecule has 4 nitrogen and oxygen atoms in total. The fourth-order valence-corrected chi connectivity index (χ4v) is 2.08. The standard InChI is InChI=1S/C13H19N3O/c1-8(2)13-15-11-5-4-9(10(14)7-17)6-12(11)16(13)3/h4-6,8,10,17H,7,14H2,1-3H3. The lowest BCUT2D eigenvalue weighted by Gasteiger charge is -2.09. The number of aryl methyl sites for hydroxylation is 1. The normalized spacial score (nSPS) is 13.5. The Morgan fingerprint density at radius 3 is 2.71 bits per heavy atom. The maximum absolute atomic E-state index is 9.08. The van der Waals surface area contributed by atoms with E-state index in [1.54, 1.807) is 0 Å². The quantitative estimate of drug-likeness (QED) is 0.848. The first-order valence-corrected chi connectivity index (χ1v) is 5.87. The Hall–Kier alpha value is -1.39. The van der Waals surface area contributed by atoms with Crippen LogP contribution in [0.3, 0.4) is 0 Å². The first-order valence-electron chi connectivity index (χ1n) is 5.87. The number of nitrogens with two attached hydrogens (primary N) is 1. The molecule has 1 atom stereocenters. The average Bonchev–Trinajstić information content (AvgIpc) is 2.65. The van der Waals surface area contributed by atoms with E-state index in [0.29, 0.717) is 5.92 Å². The van der Waals surface area contributed by atoms with Crippen molar-refractivity contribution in [2.45, 2.75) is 25.8 Å². The number of aliphatic hydroxyl groups excluding tert-OH is 1. The van der Waals surface area contributed by atoms with Crippen LogP contribution in [0.15, 0.2) is 18.2 Å². The molecule has 1 aromatic heterocycles. The molecule has 0 aliphatic rings. The van der Waals surface area contributed by atoms with Crippen LogP contribution in [0.5, 0.6) is 0 Å². The Morgan fingerprint density at radius 2 is 2.12 bits per heavy atom. The van der Waals surface area contributed by atoms with E-state index in [0.717, 1.165) is 22.4 Å². The molecule has 1 heterocycles. The van der Waals surface area contributed by atoms with Crippen LogP contribution in [0, 0.1) is 0 Å². The summed E-state index contributed by atoms with van der Waals surface area (Å²) in [6.45, 7) is 4.21. The second-order valence-corrected chi connectivity index (χ2v) is 4.72. The third-order valence-corrected chi connectivity index (χ3v) is 3.08. The molecule has 3 N–H and O–H groups in total. The highest BCUT2D eigenvalue weighted by atomic mass is 16.3. The van der Waals surface area contributed by atoms with Gasteiger partial charge >= 0.3 is 0 Å². The highest BCUT2D eigenvalue weighted by Gasteiger charge is 2.12. The van der Waals surface area contributed by atoms with E-state index >= 15 is 0 Å². The van der Waals surface area contributed by atoms with Crippen molar-refractivity contribution in [3.8, 4) is 0 Å². The highest BCUT2D eigenvalue weighted by Crippen LogP contribution is 2.23. The van der Waals surface area contributed by atoms with Crippen molar-refractivity contribution in [2.24, 2.45) is 12.8 Å². The van der Waals surface area contributed by atoms with E-state index in [4.69, 9.17) is 10.8 Å². The molecule has 17 heavy (non-hydrogen) atoms. The topological polar surface area (TPSA) is 64.1 Å². The van der Waals surface area contributed by atoms with Crippen LogP contribution in [0.4, 0.5) is 0 Å². The van der Waals surface area contributed by atoms with Crippen molar-refractivity contribution in [3.05, 3.63) is 29.6 Å². The SMILES string of the molecule is CC(C)c1nc2ccc(C(N)CO)cc2n1C. The second-order valence-electron chi connectivity index (χ2n) is 4.72. The van der Waals surface area contributed by atoms with Crippen molar-refractivity contribution in [3.63, 3.8) is 0 Å². The summed E-state index contributed by atoms with van der Waals surface area (Å²) < 4.78 is 2.09. The van der Waals surface area contributed by atoms with Gasteiger partial charge < -0.3 is 15.4 Å². The zero-order valence-electron chi connectivity index (χ0n) is 10.5. The summed E-state index contributed by atoms with van der Waals surface area (Å²) in [6.07, 6.45) is 0. The summed E-state index contributed by atoms with van der Waals surface area (Å²) in [5.74, 6) is 1.46. The van der Waals surface area contributed by atoms with Gasteiger partial charge in [0.05, 0.1) is 23.7 Å². The van der Waals surface area contributed by atoms with E-state index in [1.807, 2.05) is 25.2 Å². The number of nitrogens with zero attached hydrogens (tertiary/aromatic N) is 2. The number of rotatable bonds is 3. The van der Waals surface area contributed by atoms with Gasteiger partial charge in [0.15, 0.2) is 0 Å². The molecular formula is C13H19N3O. The molecule has 0 fully saturated rings. The van der Waals surface area contributed by atoms with E-state index in [1.165, 1.54) is 0 Å². The van der Waals surface area contributed by atoms with Gasteiger partial charge in [-0.25, -0.2) is 4.98 Å². The third-order valence-electron chi connectivity index (χ3n) is 3.08. The van der Waals surface area contributed by atoms with Gasteiger partial charge in [0.2, 0.25) is 0 Å². The molecule has 0 amide bonds. The lowest BCUT2D eigenvalue weighted by molar-refractivity contribution is 0.268. The summed E-state index contributed by atoms with van der Waals surface area (Å²) in [7, 11) is 2.01. The molecular weight excluding hydrogens is 214 g/mol. The summed E-state index contributed by atoms with van der Waals surface area (Å²) in [5.41, 5.74) is 8.81. The van der Waals surface area contributed by atoms with E-state index in [2.05, 4.69) is 23.4 Å². The largest absolute Gasteiger partial charge is 0.394 e. The molecule has 0 saturated heterocycles. The lowest BCUT2D eigenvalue weighted by Crippen LogP contribution is -2.14. The van der Waals surface area contributed by atoms with Crippen molar-refractivity contribution in [2.75, 3.05) is 6.61 Å². The molecule has 1 aromatic carbocycles. The van der Waals surface area contributed by atoms with Crippen molar-refractivity contribution < 1.29 is 5.11 Å². The number of fused-ring (bicyclic) bond motifs is 1. The molecule has 1 unspecified atom stereocenters. The number of hydrogen-bond acceptors (Lipinski definition) is 3. The fraction of sp³-hybridized carbons (Fsp3) is 0.462. The summed E-state index contributed by atoms with van der Waals surface area (Å²) in [4.78, 5) is 4.60. The molecule has 0 spiro atoms. The van der Waals surface area contributed by atoms with Crippen LogP contribution in [0.25, 0.3) is 11.0 Å². The van der Waals surface area contributed by atoms with Crippen LogP contribution in [0.2, 0.25) is 0 Å². The van der Waals surface area contributed by atoms with Gasteiger partial charge in [-0.2, -0.15) is 0 Å². The Bertz CT molecular complexity index is 531. The maximum atomic E-state index is 9.08. The molecule has 92 valence electrons. The molecule has 0 aliphatic heterocycles. The lowest BCUT2D eigenvalue weighted by atomic mass is 10.1. The number of imidazole rings is 1. The maximum Gasteiger partial charge on any atom is 0.112 e. The van der Waals surface area contributed by atoms with Crippen molar-refractivity contribution in [1.29, 1.82) is 0 Å². The zero-order chi connectivity index (χ0) is 12.6. The number of aliphatic hydroxyl groups is 1. The predicted molar refractivity (Wildman–Crippen MR) is 68.8 cm³/mol. The first kappa shape index (κ1) is 12.1. The van der Waals surface area contributed by atoms with Gasteiger partial charge in [-0.15, -0.1) is 0 Å². The van der Waals surface area contributed by atoms with Gasteiger partial charge in [-0.3, -0.25) is 0 Å². The summed E-state index contributed by atoms with van der Waals surface area (Å²) >= 11 is 0. The van der Waals surface area contributed by atoms with E-state index < -0.39 is 0 Å². The minimum Gasteiger partial charge on any atom is -0.394 e. The van der Waals surface area contributed by atoms with Crippen molar-refractivity contribution >= 4 is 11.0 Å². The van der Waals surface area contributed by atoms with Crippen LogP contribution in [-0.2, 0) is 7.05 Å². The molecule has 2 rings (SSSR count). The molecule has 2 aromatic rings. The zero-order valence-corrected chi connectivity index (χ0v) is 10.5. The van der Waals surface area contributed by atoms with Gasteiger partial charge in [0.1, 0.15) is 5.82 Å². The minimum absolute atomic E-state index is 0.0413. The monoisotopic (exact) mass is 233 g/mol. The second kappa shape index (κ2) is 4.47. The Morgan fingerprint density at radius 1 is 1.41 bits per heavy atom.